The Morgan fingerprint density at radius 2 is 1.51 bits per heavy atom. The quantitative estimate of drug-likeness (QED) is 0.264. The average molecular weight is 518 g/mol. The first-order valence-corrected chi connectivity index (χ1v) is 14.4. The molecule has 0 radical (unpaired) electrons. The van der Waals surface area contributed by atoms with Crippen LogP contribution >= 0.6 is 0 Å². The number of nitrogens with zero attached hydrogens (tertiary/aromatic N) is 3. The van der Waals surface area contributed by atoms with Gasteiger partial charge in [0, 0.05) is 43.6 Å². The zero-order valence-electron chi connectivity index (χ0n) is 23.2. The van der Waals surface area contributed by atoms with Crippen molar-refractivity contribution in [1.29, 1.82) is 0 Å². The van der Waals surface area contributed by atoms with Gasteiger partial charge in [-0.3, -0.25) is 4.90 Å². The highest BCUT2D eigenvalue weighted by molar-refractivity contribution is 5.58. The van der Waals surface area contributed by atoms with Gasteiger partial charge in [0.1, 0.15) is 12.4 Å². The van der Waals surface area contributed by atoms with Crippen LogP contribution in [0.5, 0.6) is 5.75 Å². The number of hydrogen-bond acceptors (Lipinski definition) is 4. The summed E-state index contributed by atoms with van der Waals surface area (Å²) in [6, 6.07) is 38.0. The summed E-state index contributed by atoms with van der Waals surface area (Å²) in [5.74, 6) is 0.945. The van der Waals surface area contributed by atoms with E-state index in [4.69, 9.17) is 4.74 Å². The Kier molecular flexibility index (Phi) is 7.55. The van der Waals surface area contributed by atoms with Crippen molar-refractivity contribution in [3.8, 4) is 5.75 Å². The summed E-state index contributed by atoms with van der Waals surface area (Å²) in [5.41, 5.74) is 7.87. The number of para-hydroxylation sites is 1. The second-order valence-corrected chi connectivity index (χ2v) is 10.8. The van der Waals surface area contributed by atoms with Gasteiger partial charge in [-0.2, -0.15) is 0 Å². The summed E-state index contributed by atoms with van der Waals surface area (Å²) in [4.78, 5) is 7.67. The van der Waals surface area contributed by atoms with Crippen molar-refractivity contribution in [2.45, 2.75) is 39.0 Å². The second-order valence-electron chi connectivity index (χ2n) is 10.8. The van der Waals surface area contributed by atoms with Crippen molar-refractivity contribution in [2.24, 2.45) is 0 Å². The van der Waals surface area contributed by atoms with Gasteiger partial charge < -0.3 is 14.5 Å². The molecule has 4 nitrogen and oxygen atoms in total. The summed E-state index contributed by atoms with van der Waals surface area (Å²) in [7, 11) is 0. The zero-order chi connectivity index (χ0) is 26.6. The first-order chi connectivity index (χ1) is 19.2. The number of anilines is 2. The second kappa shape index (κ2) is 11.5. The van der Waals surface area contributed by atoms with E-state index in [1.165, 1.54) is 33.6 Å². The minimum Gasteiger partial charge on any atom is -0.489 e. The Labute approximate surface area is 233 Å². The van der Waals surface area contributed by atoms with Crippen molar-refractivity contribution in [2.75, 3.05) is 42.5 Å². The zero-order valence-corrected chi connectivity index (χ0v) is 23.2. The number of ether oxygens (including phenoxy) is 1. The van der Waals surface area contributed by atoms with Gasteiger partial charge in [0.05, 0.1) is 6.04 Å². The van der Waals surface area contributed by atoms with Crippen molar-refractivity contribution in [3.05, 3.63) is 125 Å². The summed E-state index contributed by atoms with van der Waals surface area (Å²) < 4.78 is 6.20. The van der Waals surface area contributed by atoms with E-state index < -0.39 is 0 Å². The van der Waals surface area contributed by atoms with Crippen LogP contribution in [-0.2, 0) is 13.0 Å². The SMILES string of the molecule is CCN1CCN(c2ccc(C3c4ccc(OCc5ccccc5)cc4CCN3c3ccccc3)cc2)CC1C. The van der Waals surface area contributed by atoms with Gasteiger partial charge in [0.25, 0.3) is 0 Å². The molecule has 0 bridgehead atoms. The molecule has 0 saturated carbocycles. The number of likely N-dealkylation sites (N-methyl/N-ethyl adjacent to an activating group) is 1. The van der Waals surface area contributed by atoms with E-state index in [9.17, 15) is 0 Å². The molecule has 1 fully saturated rings. The maximum absolute atomic E-state index is 6.20. The summed E-state index contributed by atoms with van der Waals surface area (Å²) in [6.07, 6.45) is 1.00. The van der Waals surface area contributed by atoms with Gasteiger partial charge in [-0.25, -0.2) is 0 Å². The predicted molar refractivity (Wildman–Crippen MR) is 162 cm³/mol. The maximum atomic E-state index is 6.20. The molecule has 2 unspecified atom stereocenters. The molecule has 1 saturated heterocycles. The van der Waals surface area contributed by atoms with E-state index in [1.807, 2.05) is 6.07 Å². The molecule has 4 aromatic rings. The molecular weight excluding hydrogens is 478 g/mol. The molecule has 200 valence electrons. The topological polar surface area (TPSA) is 19.0 Å². The fourth-order valence-corrected chi connectivity index (χ4v) is 6.26. The van der Waals surface area contributed by atoms with Crippen molar-refractivity contribution in [1.82, 2.24) is 4.90 Å². The van der Waals surface area contributed by atoms with E-state index >= 15 is 0 Å². The molecule has 6 rings (SSSR count). The summed E-state index contributed by atoms with van der Waals surface area (Å²) >= 11 is 0. The predicted octanol–water partition coefficient (Wildman–Crippen LogP) is 6.95. The normalized spacial score (nSPS) is 19.5. The van der Waals surface area contributed by atoms with Crippen LogP contribution < -0.4 is 14.5 Å². The van der Waals surface area contributed by atoms with Gasteiger partial charge in [-0.1, -0.05) is 73.7 Å². The maximum Gasteiger partial charge on any atom is 0.120 e. The Bertz CT molecular complexity index is 1360. The standard InChI is InChI=1S/C35H39N3O/c1-3-36-22-23-37(25-27(36)2)31-16-14-29(15-17-31)35-34-19-18-33(39-26-28-10-6-4-7-11-28)24-30(34)20-21-38(35)32-12-8-5-9-13-32/h4-19,24,27,35H,3,20-23,25-26H2,1-2H3. The van der Waals surface area contributed by atoms with Crippen LogP contribution in [0.3, 0.4) is 0 Å². The molecule has 2 heterocycles. The lowest BCUT2D eigenvalue weighted by atomic mass is 9.87. The fourth-order valence-electron chi connectivity index (χ4n) is 6.26. The molecule has 0 aliphatic carbocycles. The Morgan fingerprint density at radius 3 is 2.23 bits per heavy atom. The number of hydrogen-bond donors (Lipinski definition) is 0. The van der Waals surface area contributed by atoms with Gasteiger partial charge in [-0.05, 0) is 78.5 Å². The molecule has 4 aromatic carbocycles. The van der Waals surface area contributed by atoms with Gasteiger partial charge in [0.2, 0.25) is 0 Å². The molecule has 0 N–H and O–H groups in total. The Morgan fingerprint density at radius 1 is 0.769 bits per heavy atom. The molecule has 2 aliphatic heterocycles. The number of benzene rings is 4. The summed E-state index contributed by atoms with van der Waals surface area (Å²) in [6.45, 7) is 10.6. The molecule has 39 heavy (non-hydrogen) atoms. The molecule has 0 aromatic heterocycles. The molecule has 0 spiro atoms. The van der Waals surface area contributed by atoms with E-state index in [2.05, 4.69) is 126 Å². The number of piperazine rings is 1. The van der Waals surface area contributed by atoms with Crippen LogP contribution in [0, 0.1) is 0 Å². The molecular formula is C35H39N3O. The largest absolute Gasteiger partial charge is 0.489 e. The Balaban J connectivity index is 1.28. The average Bonchev–Trinajstić information content (AvgIpc) is 3.00. The van der Waals surface area contributed by atoms with E-state index in [1.54, 1.807) is 0 Å². The monoisotopic (exact) mass is 517 g/mol. The molecule has 4 heteroatoms. The molecule has 2 atom stereocenters. The number of fused-ring (bicyclic) bond motifs is 1. The van der Waals surface area contributed by atoms with Crippen molar-refractivity contribution < 1.29 is 4.74 Å². The van der Waals surface area contributed by atoms with Crippen LogP contribution in [0.4, 0.5) is 11.4 Å². The van der Waals surface area contributed by atoms with Crippen LogP contribution in [0.15, 0.2) is 103 Å². The van der Waals surface area contributed by atoms with E-state index in [-0.39, 0.29) is 6.04 Å². The highest BCUT2D eigenvalue weighted by atomic mass is 16.5. The molecule has 2 aliphatic rings. The lowest BCUT2D eigenvalue weighted by Crippen LogP contribution is -2.51. The van der Waals surface area contributed by atoms with Crippen molar-refractivity contribution >= 4 is 11.4 Å². The third-order valence-electron chi connectivity index (χ3n) is 8.42. The molecule has 0 amide bonds. The lowest BCUT2D eigenvalue weighted by Gasteiger charge is -2.41. The first-order valence-electron chi connectivity index (χ1n) is 14.4. The third kappa shape index (κ3) is 5.53. The minimum atomic E-state index is 0.171. The number of rotatable bonds is 7. The smallest absolute Gasteiger partial charge is 0.120 e. The van der Waals surface area contributed by atoms with E-state index in [0.29, 0.717) is 12.6 Å². The highest BCUT2D eigenvalue weighted by Crippen LogP contribution is 2.40. The highest BCUT2D eigenvalue weighted by Gasteiger charge is 2.30. The van der Waals surface area contributed by atoms with E-state index in [0.717, 1.165) is 44.9 Å². The van der Waals surface area contributed by atoms with Crippen molar-refractivity contribution in [3.63, 3.8) is 0 Å². The van der Waals surface area contributed by atoms with Gasteiger partial charge in [0.15, 0.2) is 0 Å². The van der Waals surface area contributed by atoms with Crippen LogP contribution in [0.1, 0.15) is 42.1 Å². The lowest BCUT2D eigenvalue weighted by molar-refractivity contribution is 0.199. The minimum absolute atomic E-state index is 0.171. The first kappa shape index (κ1) is 25.5. The third-order valence-corrected chi connectivity index (χ3v) is 8.42. The summed E-state index contributed by atoms with van der Waals surface area (Å²) in [5, 5.41) is 0. The van der Waals surface area contributed by atoms with Gasteiger partial charge in [-0.15, -0.1) is 0 Å². The van der Waals surface area contributed by atoms with Crippen LogP contribution in [0.2, 0.25) is 0 Å². The van der Waals surface area contributed by atoms with Gasteiger partial charge >= 0.3 is 0 Å². The fraction of sp³-hybridized carbons (Fsp3) is 0.314. The van der Waals surface area contributed by atoms with Crippen LogP contribution in [0.25, 0.3) is 0 Å². The Hall–Kier alpha value is -3.76. The van der Waals surface area contributed by atoms with Crippen LogP contribution in [-0.4, -0.2) is 43.7 Å².